The minimum atomic E-state index is -8.47. The second kappa shape index (κ2) is 10.4. The quantitative estimate of drug-likeness (QED) is 0.283. The molecule has 1 aromatic rings. The monoisotopic (exact) mass is 589 g/mol. The van der Waals surface area contributed by atoms with Crippen LogP contribution in [0.2, 0.25) is 0 Å². The fraction of sp³-hybridized carbons (Fsp3) is 0.667. The molecule has 4 nitrogen and oxygen atoms in total. The molecule has 1 rings (SSSR count). The molecule has 21 heteroatoms. The first-order valence-corrected chi connectivity index (χ1v) is 9.88. The van der Waals surface area contributed by atoms with Gasteiger partial charge in [0.25, 0.3) is 0 Å². The lowest BCUT2D eigenvalue weighted by atomic mass is 9.91. The van der Waals surface area contributed by atoms with Crippen LogP contribution < -0.4 is 4.98 Å². The number of H-pyrrole nitrogens is 1. The van der Waals surface area contributed by atoms with E-state index in [1.807, 2.05) is 30.6 Å². The summed E-state index contributed by atoms with van der Waals surface area (Å²) in [5.41, 5.74) is 0. The van der Waals surface area contributed by atoms with Crippen molar-refractivity contribution in [2.24, 2.45) is 0 Å². The molecular weight excluding hydrogens is 578 g/mol. The molecule has 1 unspecified atom stereocenters. The van der Waals surface area contributed by atoms with E-state index in [-0.39, 0.29) is 0 Å². The van der Waals surface area contributed by atoms with E-state index in [4.69, 9.17) is 0 Å². The van der Waals surface area contributed by atoms with Gasteiger partial charge in [-0.1, -0.05) is 6.07 Å². The summed E-state index contributed by atoms with van der Waals surface area (Å²) in [6, 6.07) is 5.86. The van der Waals surface area contributed by atoms with E-state index in [0.29, 0.717) is 0 Å². The number of rotatable bonds is 9. The first kappa shape index (κ1) is 33.9. The number of hydrogen-bond acceptors (Lipinski definition) is 3. The molecular formula is C15H11F16NO3S. The number of pyridine rings is 1. The van der Waals surface area contributed by atoms with Gasteiger partial charge in [0.15, 0.2) is 28.7 Å². The minimum absolute atomic E-state index is 1.88. The van der Waals surface area contributed by atoms with Crippen molar-refractivity contribution in [3.05, 3.63) is 30.6 Å². The van der Waals surface area contributed by atoms with Gasteiger partial charge in [-0.15, -0.1) is 0 Å². The zero-order valence-electron chi connectivity index (χ0n) is 16.6. The van der Waals surface area contributed by atoms with Crippen LogP contribution in [0.15, 0.2) is 30.6 Å². The molecule has 0 saturated carbocycles. The zero-order valence-corrected chi connectivity index (χ0v) is 17.4. The highest BCUT2D eigenvalue weighted by Crippen LogP contribution is 2.61. The summed E-state index contributed by atoms with van der Waals surface area (Å²) in [5, 5.41) is -7.77. The van der Waals surface area contributed by atoms with Crippen LogP contribution >= 0.6 is 0 Å². The van der Waals surface area contributed by atoms with Crippen molar-refractivity contribution in [1.29, 1.82) is 0 Å². The van der Waals surface area contributed by atoms with E-state index >= 15 is 0 Å². The number of aromatic nitrogens is 1. The molecule has 0 spiro atoms. The van der Waals surface area contributed by atoms with Crippen molar-refractivity contribution in [1.82, 2.24) is 0 Å². The number of alkyl halides is 16. The Bertz CT molecular complexity index is 923. The SMILES string of the molecule is O=S(=O)([O-])C(F)(F)C(F)(F)C(F)(F)C(F)(F)C(F)(F)C(F)(F)C(F)CCC(F)(F)F.c1cc[nH+]cc1. The van der Waals surface area contributed by atoms with Gasteiger partial charge in [0.05, 0.1) is 0 Å². The van der Waals surface area contributed by atoms with Crippen molar-refractivity contribution in [2.75, 3.05) is 0 Å². The lowest BCUT2D eigenvalue weighted by molar-refractivity contribution is -0.421. The van der Waals surface area contributed by atoms with Crippen molar-refractivity contribution < 1.29 is 88.2 Å². The third-order valence-electron chi connectivity index (χ3n) is 3.96. The molecule has 1 aromatic heterocycles. The average Bonchev–Trinajstić information content (AvgIpc) is 2.71. The smallest absolute Gasteiger partial charge is 0.402 e. The normalized spacial score (nSPS) is 15.7. The summed E-state index contributed by atoms with van der Waals surface area (Å²) in [4.78, 5) is 2.89. The fourth-order valence-electron chi connectivity index (χ4n) is 1.95. The Morgan fingerprint density at radius 3 is 1.33 bits per heavy atom. The van der Waals surface area contributed by atoms with Gasteiger partial charge in [-0.25, -0.2) is 17.8 Å². The lowest BCUT2D eigenvalue weighted by Gasteiger charge is -2.42. The standard InChI is InChI=1S/C10H6F16O3S.C5H5N/c11-3(1-2-4(12,13)14)5(15,16)6(17,18)7(19,20)8(21,22)9(23,24)10(25,26)30(27,28)29;1-2-4-6-5-3-1/h3H,1-2H2,(H,27,28,29);1-5H. The molecule has 0 fully saturated rings. The van der Waals surface area contributed by atoms with Crippen LogP contribution in [0, 0.1) is 0 Å². The summed E-state index contributed by atoms with van der Waals surface area (Å²) in [6.45, 7) is 0. The molecule has 212 valence electrons. The van der Waals surface area contributed by atoms with Gasteiger partial charge < -0.3 is 4.55 Å². The van der Waals surface area contributed by atoms with Crippen LogP contribution in [-0.2, 0) is 10.1 Å². The lowest BCUT2D eigenvalue weighted by Crippen LogP contribution is -2.72. The molecule has 0 aromatic carbocycles. The van der Waals surface area contributed by atoms with Crippen LogP contribution in [0.25, 0.3) is 0 Å². The summed E-state index contributed by atoms with van der Waals surface area (Å²) in [6.07, 6.45) is -12.4. The highest BCUT2D eigenvalue weighted by molar-refractivity contribution is 7.86. The van der Waals surface area contributed by atoms with Gasteiger partial charge in [0.2, 0.25) is 0 Å². The zero-order chi connectivity index (χ0) is 29.2. The molecule has 1 N–H and O–H groups in total. The Hall–Kier alpha value is -2.06. The van der Waals surface area contributed by atoms with E-state index < -0.39 is 70.2 Å². The molecule has 0 aliphatic carbocycles. The molecule has 1 heterocycles. The maximum Gasteiger partial charge on any atom is 0.402 e. The first-order valence-electron chi connectivity index (χ1n) is 8.47. The van der Waals surface area contributed by atoms with Crippen LogP contribution in [-0.4, -0.2) is 60.2 Å². The number of halogens is 16. The molecule has 0 aliphatic heterocycles. The van der Waals surface area contributed by atoms with Gasteiger partial charge in [-0.3, -0.25) is 0 Å². The van der Waals surface area contributed by atoms with Crippen molar-refractivity contribution in [3.8, 4) is 0 Å². The highest BCUT2D eigenvalue weighted by atomic mass is 32.2. The molecule has 0 saturated heterocycles. The Balaban J connectivity index is 0.00000176. The molecule has 36 heavy (non-hydrogen) atoms. The third kappa shape index (κ3) is 6.25. The second-order valence-corrected chi connectivity index (χ2v) is 8.01. The fourth-order valence-corrected chi connectivity index (χ4v) is 2.40. The molecule has 0 bridgehead atoms. The first-order chi connectivity index (χ1) is 15.6. The third-order valence-corrected chi connectivity index (χ3v) is 4.85. The maximum absolute atomic E-state index is 13.3. The maximum atomic E-state index is 13.3. The molecule has 0 amide bonds. The van der Waals surface area contributed by atoms with E-state index in [1.54, 1.807) is 0 Å². The van der Waals surface area contributed by atoms with E-state index in [1.165, 1.54) is 0 Å². The van der Waals surface area contributed by atoms with Crippen molar-refractivity contribution in [2.45, 2.75) is 60.1 Å². The number of aromatic amines is 1. The van der Waals surface area contributed by atoms with Crippen LogP contribution in [0.4, 0.5) is 70.2 Å². The van der Waals surface area contributed by atoms with Gasteiger partial charge in [0.1, 0.15) is 0 Å². The largest absolute Gasteiger partial charge is 0.743 e. The van der Waals surface area contributed by atoms with Gasteiger partial charge in [-0.05, 0) is 6.42 Å². The van der Waals surface area contributed by atoms with Crippen LogP contribution in [0.3, 0.4) is 0 Å². The summed E-state index contributed by atoms with van der Waals surface area (Å²) >= 11 is 0. The van der Waals surface area contributed by atoms with Gasteiger partial charge >= 0.3 is 41.0 Å². The second-order valence-electron chi connectivity index (χ2n) is 6.59. The summed E-state index contributed by atoms with van der Waals surface area (Å²) in [5.74, 6) is -40.6. The van der Waals surface area contributed by atoms with E-state index in [0.717, 1.165) is 0 Å². The Morgan fingerprint density at radius 2 is 1.06 bits per heavy atom. The Kier molecular flexibility index (Phi) is 9.77. The molecule has 1 atom stereocenters. The summed E-state index contributed by atoms with van der Waals surface area (Å²) in [7, 11) is -8.00. The predicted octanol–water partition coefficient (Wildman–Crippen LogP) is 5.48. The Labute approximate surface area is 190 Å². The summed E-state index contributed by atoms with van der Waals surface area (Å²) < 4.78 is 235. The molecule has 0 aliphatic rings. The van der Waals surface area contributed by atoms with Crippen molar-refractivity contribution in [3.63, 3.8) is 0 Å². The highest BCUT2D eigenvalue weighted by Gasteiger charge is 2.91. The van der Waals surface area contributed by atoms with Crippen LogP contribution in [0.1, 0.15) is 12.8 Å². The van der Waals surface area contributed by atoms with Gasteiger partial charge in [-0.2, -0.15) is 65.9 Å². The number of nitrogens with one attached hydrogen (secondary N) is 1. The molecule has 0 radical (unpaired) electrons. The predicted molar refractivity (Wildman–Crippen MR) is 82.6 cm³/mol. The minimum Gasteiger partial charge on any atom is -0.743 e. The Morgan fingerprint density at radius 1 is 0.667 bits per heavy atom. The van der Waals surface area contributed by atoms with Crippen LogP contribution in [0.5, 0.6) is 0 Å². The van der Waals surface area contributed by atoms with Crippen molar-refractivity contribution >= 4 is 10.1 Å². The van der Waals surface area contributed by atoms with E-state index in [9.17, 15) is 83.2 Å². The average molecular weight is 589 g/mol. The van der Waals surface area contributed by atoms with E-state index in [2.05, 4.69) is 4.98 Å². The number of hydrogen-bond donors (Lipinski definition) is 0. The topological polar surface area (TPSA) is 71.3 Å². The van der Waals surface area contributed by atoms with Gasteiger partial charge in [0, 0.05) is 18.6 Å².